The van der Waals surface area contributed by atoms with Gasteiger partial charge in [-0.3, -0.25) is 9.59 Å². The van der Waals surface area contributed by atoms with E-state index in [2.05, 4.69) is 10.3 Å². The molecule has 114 valence electrons. The number of carbonyl (C=O) groups is 2. The molecule has 2 heterocycles. The summed E-state index contributed by atoms with van der Waals surface area (Å²) in [6.07, 6.45) is 1.30. The Labute approximate surface area is 133 Å². The molecule has 1 aliphatic rings. The molecule has 1 fully saturated rings. The highest BCUT2D eigenvalue weighted by atomic mass is 35.5. The van der Waals surface area contributed by atoms with E-state index in [1.165, 1.54) is 0 Å². The molecule has 0 aliphatic carbocycles. The van der Waals surface area contributed by atoms with E-state index in [1.54, 1.807) is 17.0 Å². The summed E-state index contributed by atoms with van der Waals surface area (Å²) >= 11 is 11.8. The van der Waals surface area contributed by atoms with Crippen LogP contribution in [0.25, 0.3) is 0 Å². The van der Waals surface area contributed by atoms with Gasteiger partial charge in [0.05, 0.1) is 5.02 Å². The molecule has 7 heteroatoms. The van der Waals surface area contributed by atoms with Gasteiger partial charge in [0.25, 0.3) is 5.91 Å². The van der Waals surface area contributed by atoms with Crippen LogP contribution in [0, 0.1) is 5.92 Å². The van der Waals surface area contributed by atoms with E-state index >= 15 is 0 Å². The Bertz CT molecular complexity index is 543. The Hall–Kier alpha value is -1.33. The van der Waals surface area contributed by atoms with Crippen molar-refractivity contribution in [3.8, 4) is 0 Å². The number of halogens is 2. The first-order valence-electron chi connectivity index (χ1n) is 6.92. The van der Waals surface area contributed by atoms with Gasteiger partial charge in [0.1, 0.15) is 10.8 Å². The fourth-order valence-electron chi connectivity index (χ4n) is 2.38. The number of amides is 2. The van der Waals surface area contributed by atoms with Gasteiger partial charge in [-0.25, -0.2) is 4.98 Å². The van der Waals surface area contributed by atoms with Crippen molar-refractivity contribution in [3.63, 3.8) is 0 Å². The predicted molar refractivity (Wildman–Crippen MR) is 81.6 cm³/mol. The summed E-state index contributed by atoms with van der Waals surface area (Å²) in [7, 11) is 0. The van der Waals surface area contributed by atoms with E-state index in [0.29, 0.717) is 32.5 Å². The number of piperidine rings is 1. The highest BCUT2D eigenvalue weighted by Crippen LogP contribution is 2.22. The maximum atomic E-state index is 12.4. The molecule has 0 bridgehead atoms. The molecular weight excluding hydrogens is 313 g/mol. The number of carbonyl (C=O) groups excluding carboxylic acids is 2. The number of hydrogen-bond donors (Lipinski definition) is 1. The zero-order valence-corrected chi connectivity index (χ0v) is 13.2. The minimum Gasteiger partial charge on any atom is -0.356 e. The fraction of sp³-hybridized carbons (Fsp3) is 0.500. The summed E-state index contributed by atoms with van der Waals surface area (Å²) < 4.78 is 0. The van der Waals surface area contributed by atoms with E-state index in [-0.39, 0.29) is 33.6 Å². The topological polar surface area (TPSA) is 62.3 Å². The smallest absolute Gasteiger partial charge is 0.274 e. The van der Waals surface area contributed by atoms with Gasteiger partial charge in [-0.1, -0.05) is 23.2 Å². The van der Waals surface area contributed by atoms with Gasteiger partial charge in [-0.2, -0.15) is 0 Å². The molecule has 21 heavy (non-hydrogen) atoms. The third-order valence-corrected chi connectivity index (χ3v) is 4.03. The molecule has 2 rings (SSSR count). The van der Waals surface area contributed by atoms with Crippen LogP contribution >= 0.6 is 23.2 Å². The molecule has 0 unspecified atom stereocenters. The zero-order chi connectivity index (χ0) is 15.4. The lowest BCUT2D eigenvalue weighted by atomic mass is 9.95. The van der Waals surface area contributed by atoms with Gasteiger partial charge in [0, 0.05) is 25.6 Å². The van der Waals surface area contributed by atoms with Crippen LogP contribution in [0.3, 0.4) is 0 Å². The van der Waals surface area contributed by atoms with E-state index < -0.39 is 0 Å². The first-order chi connectivity index (χ1) is 10.0. The average molecular weight is 330 g/mol. The van der Waals surface area contributed by atoms with Crippen molar-refractivity contribution in [2.75, 3.05) is 19.6 Å². The number of rotatable bonds is 3. The number of nitrogens with zero attached hydrogens (tertiary/aromatic N) is 2. The van der Waals surface area contributed by atoms with Crippen LogP contribution in [0.5, 0.6) is 0 Å². The third-order valence-electron chi connectivity index (χ3n) is 3.52. The SMILES string of the molecule is CCNC(=O)C1CCN(C(=O)c2nc(Cl)ccc2Cl)CC1. The molecule has 1 saturated heterocycles. The molecule has 2 amide bonds. The lowest BCUT2D eigenvalue weighted by molar-refractivity contribution is -0.126. The molecule has 1 aliphatic heterocycles. The summed E-state index contributed by atoms with van der Waals surface area (Å²) in [6, 6.07) is 3.10. The van der Waals surface area contributed by atoms with Crippen molar-refractivity contribution in [1.82, 2.24) is 15.2 Å². The van der Waals surface area contributed by atoms with E-state index in [4.69, 9.17) is 23.2 Å². The second kappa shape index (κ2) is 7.09. The standard InChI is InChI=1S/C14H17Cl2N3O2/c1-2-17-13(20)9-5-7-19(8-6-9)14(21)12-10(15)3-4-11(16)18-12/h3-4,9H,2,5-8H2,1H3,(H,17,20). The molecule has 5 nitrogen and oxygen atoms in total. The summed E-state index contributed by atoms with van der Waals surface area (Å²) in [4.78, 5) is 29.8. The zero-order valence-electron chi connectivity index (χ0n) is 11.7. The molecule has 1 aromatic heterocycles. The Morgan fingerprint density at radius 3 is 2.62 bits per heavy atom. The number of pyridine rings is 1. The Morgan fingerprint density at radius 1 is 1.33 bits per heavy atom. The molecule has 1 N–H and O–H groups in total. The van der Waals surface area contributed by atoms with Crippen molar-refractivity contribution in [3.05, 3.63) is 28.0 Å². The van der Waals surface area contributed by atoms with Crippen LogP contribution in [0.4, 0.5) is 0 Å². The van der Waals surface area contributed by atoms with Gasteiger partial charge in [0.15, 0.2) is 0 Å². The minimum atomic E-state index is -0.239. The summed E-state index contributed by atoms with van der Waals surface area (Å²) in [5.41, 5.74) is 0.167. The first kappa shape index (κ1) is 16.0. The summed E-state index contributed by atoms with van der Waals surface area (Å²) in [5, 5.41) is 3.34. The number of hydrogen-bond acceptors (Lipinski definition) is 3. The summed E-state index contributed by atoms with van der Waals surface area (Å²) in [6.45, 7) is 3.56. The maximum absolute atomic E-state index is 12.4. The highest BCUT2D eigenvalue weighted by molar-refractivity contribution is 6.34. The lowest BCUT2D eigenvalue weighted by Crippen LogP contribution is -2.43. The fourth-order valence-corrected chi connectivity index (χ4v) is 2.72. The monoisotopic (exact) mass is 329 g/mol. The van der Waals surface area contributed by atoms with Gasteiger partial charge >= 0.3 is 0 Å². The molecule has 0 saturated carbocycles. The van der Waals surface area contributed by atoms with Crippen molar-refractivity contribution < 1.29 is 9.59 Å². The predicted octanol–water partition coefficient (Wildman–Crippen LogP) is 2.38. The third kappa shape index (κ3) is 3.86. The van der Waals surface area contributed by atoms with E-state index in [1.807, 2.05) is 6.92 Å². The quantitative estimate of drug-likeness (QED) is 0.866. The second-order valence-corrected chi connectivity index (χ2v) is 5.72. The maximum Gasteiger partial charge on any atom is 0.274 e. The van der Waals surface area contributed by atoms with Crippen molar-refractivity contribution in [2.24, 2.45) is 5.92 Å². The van der Waals surface area contributed by atoms with Crippen LogP contribution in [-0.2, 0) is 4.79 Å². The van der Waals surface area contributed by atoms with Gasteiger partial charge in [-0.15, -0.1) is 0 Å². The van der Waals surface area contributed by atoms with Crippen LogP contribution in [-0.4, -0.2) is 41.3 Å². The largest absolute Gasteiger partial charge is 0.356 e. The lowest BCUT2D eigenvalue weighted by Gasteiger charge is -2.31. The second-order valence-electron chi connectivity index (χ2n) is 4.93. The van der Waals surface area contributed by atoms with Crippen LogP contribution < -0.4 is 5.32 Å². The molecule has 0 atom stereocenters. The van der Waals surface area contributed by atoms with Crippen molar-refractivity contribution in [2.45, 2.75) is 19.8 Å². The Morgan fingerprint density at radius 2 is 2.00 bits per heavy atom. The van der Waals surface area contributed by atoms with Gasteiger partial charge < -0.3 is 10.2 Å². The molecule has 0 spiro atoms. The minimum absolute atomic E-state index is 0.0307. The number of likely N-dealkylation sites (tertiary alicyclic amines) is 1. The number of aromatic nitrogens is 1. The summed E-state index contributed by atoms with van der Waals surface area (Å²) in [5.74, 6) is -0.211. The van der Waals surface area contributed by atoms with Crippen LogP contribution in [0.15, 0.2) is 12.1 Å². The molecular formula is C14H17Cl2N3O2. The van der Waals surface area contributed by atoms with Crippen LogP contribution in [0.1, 0.15) is 30.3 Å². The number of nitrogens with one attached hydrogen (secondary N) is 1. The van der Waals surface area contributed by atoms with Gasteiger partial charge in [0.2, 0.25) is 5.91 Å². The van der Waals surface area contributed by atoms with Crippen molar-refractivity contribution >= 4 is 35.0 Å². The molecule has 1 aromatic rings. The van der Waals surface area contributed by atoms with Crippen molar-refractivity contribution in [1.29, 1.82) is 0 Å². The van der Waals surface area contributed by atoms with Crippen LogP contribution in [0.2, 0.25) is 10.2 Å². The Balaban J connectivity index is 2.00. The first-order valence-corrected chi connectivity index (χ1v) is 7.67. The highest BCUT2D eigenvalue weighted by Gasteiger charge is 2.28. The molecule has 0 aromatic carbocycles. The average Bonchev–Trinajstić information content (AvgIpc) is 2.49. The van der Waals surface area contributed by atoms with E-state index in [9.17, 15) is 9.59 Å². The van der Waals surface area contributed by atoms with Gasteiger partial charge in [-0.05, 0) is 31.9 Å². The Kier molecular flexibility index (Phi) is 5.42. The normalized spacial score (nSPS) is 15.9. The molecule has 0 radical (unpaired) electrons. The van der Waals surface area contributed by atoms with E-state index in [0.717, 1.165) is 0 Å².